The first-order valence-electron chi connectivity index (χ1n) is 11.3. The lowest BCUT2D eigenvalue weighted by atomic mass is 9.90. The van der Waals surface area contributed by atoms with Crippen LogP contribution in [0.25, 0.3) is 0 Å². The Hall–Kier alpha value is -2.69. The number of piperidine rings is 1. The summed E-state index contributed by atoms with van der Waals surface area (Å²) in [5.41, 5.74) is 3.08. The van der Waals surface area contributed by atoms with Gasteiger partial charge in [-0.3, -0.25) is 14.6 Å². The van der Waals surface area contributed by atoms with Gasteiger partial charge in [-0.15, -0.1) is 0 Å². The zero-order valence-electron chi connectivity index (χ0n) is 19.3. The predicted octanol–water partition coefficient (Wildman–Crippen LogP) is 4.46. The summed E-state index contributed by atoms with van der Waals surface area (Å²) in [4.78, 5) is 34.2. The standard InChI is InChI=1S/C26H35N3O2/c1-5-20-8-10-21(11-9-20)18-29(19-22-7-6-14-27-17-22)24(30)23-12-15-28(16-13-23)25(31)26(2,3)4/h6-11,14,17,23H,5,12-13,15-16,18-19H2,1-4H3. The Balaban J connectivity index is 1.70. The lowest BCUT2D eigenvalue weighted by Crippen LogP contribution is -2.47. The van der Waals surface area contributed by atoms with E-state index in [4.69, 9.17) is 0 Å². The van der Waals surface area contributed by atoms with Crippen LogP contribution in [0.1, 0.15) is 57.2 Å². The number of aryl methyl sites for hydroxylation is 1. The van der Waals surface area contributed by atoms with Crippen LogP contribution in [0.3, 0.4) is 0 Å². The average Bonchev–Trinajstić information content (AvgIpc) is 2.78. The zero-order valence-corrected chi connectivity index (χ0v) is 19.3. The van der Waals surface area contributed by atoms with Crippen molar-refractivity contribution in [3.63, 3.8) is 0 Å². The molecule has 0 spiro atoms. The van der Waals surface area contributed by atoms with Gasteiger partial charge in [0.05, 0.1) is 0 Å². The van der Waals surface area contributed by atoms with Crippen LogP contribution in [0.15, 0.2) is 48.8 Å². The average molecular weight is 422 g/mol. The zero-order chi connectivity index (χ0) is 22.4. The van der Waals surface area contributed by atoms with Crippen LogP contribution in [0.4, 0.5) is 0 Å². The van der Waals surface area contributed by atoms with Gasteiger partial charge in [0.25, 0.3) is 0 Å². The Morgan fingerprint density at radius 1 is 1.00 bits per heavy atom. The second kappa shape index (κ2) is 10.1. The van der Waals surface area contributed by atoms with Gasteiger partial charge in [-0.2, -0.15) is 0 Å². The number of hydrogen-bond donors (Lipinski definition) is 0. The van der Waals surface area contributed by atoms with Crippen molar-refractivity contribution in [1.82, 2.24) is 14.8 Å². The number of carbonyl (C=O) groups is 2. The van der Waals surface area contributed by atoms with Crippen LogP contribution in [0, 0.1) is 11.3 Å². The summed E-state index contributed by atoms with van der Waals surface area (Å²) in [6, 6.07) is 12.4. The molecule has 2 heterocycles. The van der Waals surface area contributed by atoms with Crippen molar-refractivity contribution in [3.8, 4) is 0 Å². The maximum Gasteiger partial charge on any atom is 0.227 e. The van der Waals surface area contributed by atoms with Crippen LogP contribution >= 0.6 is 0 Å². The highest BCUT2D eigenvalue weighted by atomic mass is 16.2. The van der Waals surface area contributed by atoms with E-state index in [0.29, 0.717) is 26.2 Å². The van der Waals surface area contributed by atoms with Crippen LogP contribution in [0.5, 0.6) is 0 Å². The number of rotatable bonds is 6. The maximum atomic E-state index is 13.5. The minimum atomic E-state index is -0.381. The molecule has 1 saturated heterocycles. The third-order valence-electron chi connectivity index (χ3n) is 5.99. The van der Waals surface area contributed by atoms with Gasteiger partial charge in [-0.25, -0.2) is 0 Å². The molecule has 31 heavy (non-hydrogen) atoms. The van der Waals surface area contributed by atoms with Crippen molar-refractivity contribution in [2.75, 3.05) is 13.1 Å². The maximum absolute atomic E-state index is 13.5. The minimum Gasteiger partial charge on any atom is -0.342 e. The summed E-state index contributed by atoms with van der Waals surface area (Å²) < 4.78 is 0. The van der Waals surface area contributed by atoms with Crippen molar-refractivity contribution in [1.29, 1.82) is 0 Å². The molecule has 0 aliphatic carbocycles. The topological polar surface area (TPSA) is 53.5 Å². The molecule has 1 fully saturated rings. The van der Waals surface area contributed by atoms with Crippen LogP contribution in [-0.4, -0.2) is 39.7 Å². The fourth-order valence-electron chi connectivity index (χ4n) is 4.09. The van der Waals surface area contributed by atoms with Crippen molar-refractivity contribution >= 4 is 11.8 Å². The van der Waals surface area contributed by atoms with Gasteiger partial charge in [-0.1, -0.05) is 58.0 Å². The van der Waals surface area contributed by atoms with E-state index in [9.17, 15) is 9.59 Å². The second-order valence-corrected chi connectivity index (χ2v) is 9.54. The number of benzene rings is 1. The summed E-state index contributed by atoms with van der Waals surface area (Å²) in [7, 11) is 0. The Morgan fingerprint density at radius 3 is 2.16 bits per heavy atom. The van der Waals surface area contributed by atoms with Crippen molar-refractivity contribution in [2.45, 2.75) is 60.0 Å². The van der Waals surface area contributed by atoms with Gasteiger partial charge < -0.3 is 9.80 Å². The molecule has 0 N–H and O–H groups in total. The molecule has 1 aliphatic heterocycles. The molecule has 0 radical (unpaired) electrons. The highest BCUT2D eigenvalue weighted by Gasteiger charge is 2.34. The number of likely N-dealkylation sites (tertiary alicyclic amines) is 1. The number of aromatic nitrogens is 1. The largest absolute Gasteiger partial charge is 0.342 e. The molecule has 2 aromatic rings. The number of carbonyl (C=O) groups excluding carboxylic acids is 2. The van der Waals surface area contributed by atoms with E-state index in [1.165, 1.54) is 5.56 Å². The molecule has 2 amide bonds. The highest BCUT2D eigenvalue weighted by molar-refractivity contribution is 5.82. The van der Waals surface area contributed by atoms with E-state index >= 15 is 0 Å². The molecule has 0 saturated carbocycles. The number of pyridine rings is 1. The molecule has 3 rings (SSSR count). The number of amides is 2. The van der Waals surface area contributed by atoms with Crippen molar-refractivity contribution < 1.29 is 9.59 Å². The molecule has 1 aromatic carbocycles. The first-order chi connectivity index (χ1) is 14.8. The molecular formula is C26H35N3O2. The fourth-order valence-corrected chi connectivity index (χ4v) is 4.09. The Kier molecular flexibility index (Phi) is 7.47. The molecule has 1 aliphatic rings. The smallest absolute Gasteiger partial charge is 0.227 e. The highest BCUT2D eigenvalue weighted by Crippen LogP contribution is 2.26. The van der Waals surface area contributed by atoms with Crippen molar-refractivity contribution in [3.05, 3.63) is 65.5 Å². The van der Waals surface area contributed by atoms with Gasteiger partial charge in [0.2, 0.25) is 11.8 Å². The Labute approximate surface area is 186 Å². The summed E-state index contributed by atoms with van der Waals surface area (Å²) in [5.74, 6) is 0.295. The minimum absolute atomic E-state index is 0.0457. The quantitative estimate of drug-likeness (QED) is 0.692. The predicted molar refractivity (Wildman–Crippen MR) is 123 cm³/mol. The van der Waals surface area contributed by atoms with Crippen LogP contribution < -0.4 is 0 Å². The fraction of sp³-hybridized carbons (Fsp3) is 0.500. The lowest BCUT2D eigenvalue weighted by Gasteiger charge is -2.37. The third-order valence-corrected chi connectivity index (χ3v) is 5.99. The Morgan fingerprint density at radius 2 is 1.61 bits per heavy atom. The van der Waals surface area contributed by atoms with E-state index < -0.39 is 0 Å². The number of hydrogen-bond acceptors (Lipinski definition) is 3. The normalized spacial score (nSPS) is 15.0. The van der Waals surface area contributed by atoms with Gasteiger partial charge in [0, 0.05) is 49.9 Å². The monoisotopic (exact) mass is 421 g/mol. The SMILES string of the molecule is CCc1ccc(CN(Cc2cccnc2)C(=O)C2CCN(C(=O)C(C)(C)C)CC2)cc1. The van der Waals surface area contributed by atoms with E-state index in [1.807, 2.05) is 48.9 Å². The van der Waals surface area contributed by atoms with Crippen LogP contribution in [-0.2, 0) is 29.1 Å². The summed E-state index contributed by atoms with van der Waals surface area (Å²) in [6.45, 7) is 10.4. The van der Waals surface area contributed by atoms with E-state index in [1.54, 1.807) is 6.20 Å². The summed E-state index contributed by atoms with van der Waals surface area (Å²) in [6.07, 6.45) is 6.02. The summed E-state index contributed by atoms with van der Waals surface area (Å²) in [5, 5.41) is 0. The third kappa shape index (κ3) is 6.16. The molecule has 166 valence electrons. The first-order valence-corrected chi connectivity index (χ1v) is 11.3. The van der Waals surface area contributed by atoms with Gasteiger partial charge in [0.15, 0.2) is 0 Å². The summed E-state index contributed by atoms with van der Waals surface area (Å²) >= 11 is 0. The van der Waals surface area contributed by atoms with Gasteiger partial charge >= 0.3 is 0 Å². The molecule has 0 bridgehead atoms. The van der Waals surface area contributed by atoms with Crippen LogP contribution in [0.2, 0.25) is 0 Å². The molecule has 1 aromatic heterocycles. The first kappa shape index (κ1) is 23.0. The van der Waals surface area contributed by atoms with Crippen molar-refractivity contribution in [2.24, 2.45) is 11.3 Å². The molecule has 0 unspecified atom stereocenters. The molecule has 5 heteroatoms. The molecule has 5 nitrogen and oxygen atoms in total. The Bertz CT molecular complexity index is 864. The van der Waals surface area contributed by atoms with Gasteiger partial charge in [0.1, 0.15) is 0 Å². The van der Waals surface area contributed by atoms with Gasteiger partial charge in [-0.05, 0) is 42.0 Å². The van der Waals surface area contributed by atoms with E-state index in [-0.39, 0.29) is 23.1 Å². The lowest BCUT2D eigenvalue weighted by molar-refractivity contribution is -0.145. The van der Waals surface area contributed by atoms with E-state index in [0.717, 1.165) is 30.4 Å². The molecular weight excluding hydrogens is 386 g/mol. The molecule has 0 atom stereocenters. The number of nitrogens with zero attached hydrogens (tertiary/aromatic N) is 3. The van der Waals surface area contributed by atoms with E-state index in [2.05, 4.69) is 36.2 Å². The second-order valence-electron chi connectivity index (χ2n) is 9.54.